The van der Waals surface area contributed by atoms with Gasteiger partial charge in [-0.25, -0.2) is 4.68 Å². The Morgan fingerprint density at radius 2 is 2.29 bits per heavy atom. The summed E-state index contributed by atoms with van der Waals surface area (Å²) in [4.78, 5) is 12.1. The summed E-state index contributed by atoms with van der Waals surface area (Å²) >= 11 is 1.73. The van der Waals surface area contributed by atoms with Crippen LogP contribution >= 0.6 is 11.8 Å². The molecule has 0 saturated carbocycles. The van der Waals surface area contributed by atoms with E-state index in [1.54, 1.807) is 16.4 Å². The van der Waals surface area contributed by atoms with Gasteiger partial charge in [-0.3, -0.25) is 10.1 Å². The highest BCUT2D eigenvalue weighted by atomic mass is 32.2. The lowest BCUT2D eigenvalue weighted by Crippen LogP contribution is -2.43. The zero-order chi connectivity index (χ0) is 14.7. The van der Waals surface area contributed by atoms with E-state index >= 15 is 0 Å². The van der Waals surface area contributed by atoms with E-state index < -0.39 is 0 Å². The highest BCUT2D eigenvalue weighted by molar-refractivity contribution is 7.99. The van der Waals surface area contributed by atoms with Gasteiger partial charge in [-0.15, -0.1) is 16.9 Å². The lowest BCUT2D eigenvalue weighted by molar-refractivity contribution is -0.123. The van der Waals surface area contributed by atoms with E-state index in [0.29, 0.717) is 0 Å². The summed E-state index contributed by atoms with van der Waals surface area (Å²) in [5, 5.41) is 14.4. The highest BCUT2D eigenvalue weighted by Crippen LogP contribution is 2.14. The first-order chi connectivity index (χ1) is 10.2. The normalized spacial score (nSPS) is 19.4. The highest BCUT2D eigenvalue weighted by Gasteiger charge is 2.24. The van der Waals surface area contributed by atoms with Crippen molar-refractivity contribution in [2.75, 3.05) is 11.6 Å². The summed E-state index contributed by atoms with van der Waals surface area (Å²) in [7, 11) is 0. The molecule has 1 aromatic heterocycles. The Labute approximate surface area is 127 Å². The first-order valence-corrected chi connectivity index (χ1v) is 7.98. The van der Waals surface area contributed by atoms with Crippen molar-refractivity contribution < 1.29 is 4.79 Å². The summed E-state index contributed by atoms with van der Waals surface area (Å²) in [5.74, 6) is 1.66. The lowest BCUT2D eigenvalue weighted by Gasteiger charge is -2.14. The van der Waals surface area contributed by atoms with E-state index in [9.17, 15) is 4.79 Å². The molecule has 2 heterocycles. The number of carbonyl (C=O) groups is 1. The standard InChI is InChI=1S/C14H17N5OS/c1-10(16-14(20)13-8-21-9-15-13)12-7-19(18-17-12)11-5-3-2-4-6-11/h2-7,10,13,15H,8-9H2,1H3,(H,16,20)/t10-,13-/m0/s1. The maximum atomic E-state index is 12.1. The second-order valence-electron chi connectivity index (χ2n) is 4.93. The number of hydrogen-bond donors (Lipinski definition) is 2. The van der Waals surface area contributed by atoms with Crippen molar-refractivity contribution in [1.82, 2.24) is 25.6 Å². The van der Waals surface area contributed by atoms with Crippen molar-refractivity contribution >= 4 is 17.7 Å². The molecule has 0 radical (unpaired) electrons. The fourth-order valence-electron chi connectivity index (χ4n) is 2.13. The second kappa shape index (κ2) is 6.28. The Hall–Kier alpha value is -1.86. The molecule has 1 fully saturated rings. The SMILES string of the molecule is C[C@H](NC(=O)[C@@H]1CSCN1)c1cn(-c2ccccc2)nn1. The van der Waals surface area contributed by atoms with Crippen LogP contribution in [0, 0.1) is 0 Å². The largest absolute Gasteiger partial charge is 0.346 e. The van der Waals surface area contributed by atoms with Gasteiger partial charge in [0, 0.05) is 11.6 Å². The lowest BCUT2D eigenvalue weighted by atomic mass is 10.2. The second-order valence-corrected chi connectivity index (χ2v) is 5.96. The third kappa shape index (κ3) is 3.25. The Balaban J connectivity index is 1.66. The number of amides is 1. The van der Waals surface area contributed by atoms with Crippen LogP contribution in [0.2, 0.25) is 0 Å². The van der Waals surface area contributed by atoms with Crippen LogP contribution in [0.5, 0.6) is 0 Å². The summed E-state index contributed by atoms with van der Waals surface area (Å²) in [6.07, 6.45) is 1.84. The third-order valence-corrected chi connectivity index (χ3v) is 4.31. The number of carbonyl (C=O) groups excluding carboxylic acids is 1. The van der Waals surface area contributed by atoms with Crippen molar-refractivity contribution in [3.05, 3.63) is 42.2 Å². The van der Waals surface area contributed by atoms with Gasteiger partial charge in [-0.1, -0.05) is 23.4 Å². The fourth-order valence-corrected chi connectivity index (χ4v) is 3.08. The van der Waals surface area contributed by atoms with E-state index in [-0.39, 0.29) is 18.0 Å². The number of hydrogen-bond acceptors (Lipinski definition) is 5. The number of nitrogens with zero attached hydrogens (tertiary/aromatic N) is 3. The molecule has 1 aliphatic heterocycles. The molecule has 2 aromatic rings. The Morgan fingerprint density at radius 1 is 1.48 bits per heavy atom. The Bertz CT molecular complexity index is 609. The monoisotopic (exact) mass is 303 g/mol. The molecule has 1 amide bonds. The molecule has 0 spiro atoms. The number of thioether (sulfide) groups is 1. The molecule has 1 aromatic carbocycles. The average Bonchev–Trinajstić information content (AvgIpc) is 3.20. The molecule has 2 N–H and O–H groups in total. The summed E-state index contributed by atoms with van der Waals surface area (Å²) in [5.41, 5.74) is 1.70. The van der Waals surface area contributed by atoms with Crippen LogP contribution < -0.4 is 10.6 Å². The number of aromatic nitrogens is 3. The number of benzene rings is 1. The molecular weight excluding hydrogens is 286 g/mol. The molecule has 0 aliphatic carbocycles. The number of para-hydroxylation sites is 1. The quantitative estimate of drug-likeness (QED) is 0.885. The topological polar surface area (TPSA) is 71.8 Å². The minimum atomic E-state index is -0.164. The van der Waals surface area contributed by atoms with Crippen LogP contribution in [0.1, 0.15) is 18.7 Å². The van der Waals surface area contributed by atoms with Gasteiger partial charge < -0.3 is 5.32 Å². The van der Waals surface area contributed by atoms with Gasteiger partial charge >= 0.3 is 0 Å². The van der Waals surface area contributed by atoms with Gasteiger partial charge in [0.2, 0.25) is 5.91 Å². The van der Waals surface area contributed by atoms with Crippen molar-refractivity contribution in [2.45, 2.75) is 19.0 Å². The van der Waals surface area contributed by atoms with Gasteiger partial charge in [0.15, 0.2) is 0 Å². The van der Waals surface area contributed by atoms with Crippen molar-refractivity contribution in [1.29, 1.82) is 0 Å². The summed E-state index contributed by atoms with van der Waals surface area (Å²) in [6.45, 7) is 1.92. The molecule has 2 atom stereocenters. The van der Waals surface area contributed by atoms with E-state index in [2.05, 4.69) is 20.9 Å². The van der Waals surface area contributed by atoms with Crippen LogP contribution in [0.25, 0.3) is 5.69 Å². The average molecular weight is 303 g/mol. The number of rotatable bonds is 4. The van der Waals surface area contributed by atoms with Crippen molar-refractivity contribution in [3.63, 3.8) is 0 Å². The fraction of sp³-hybridized carbons (Fsp3) is 0.357. The van der Waals surface area contributed by atoms with E-state index in [1.807, 2.05) is 43.5 Å². The van der Waals surface area contributed by atoms with E-state index in [4.69, 9.17) is 0 Å². The molecule has 0 unspecified atom stereocenters. The molecule has 21 heavy (non-hydrogen) atoms. The van der Waals surface area contributed by atoms with Crippen LogP contribution in [0.15, 0.2) is 36.5 Å². The minimum absolute atomic E-state index is 0.0155. The van der Waals surface area contributed by atoms with Gasteiger partial charge in [0.05, 0.1) is 24.0 Å². The van der Waals surface area contributed by atoms with Gasteiger partial charge in [-0.2, -0.15) is 0 Å². The molecule has 110 valence electrons. The smallest absolute Gasteiger partial charge is 0.238 e. The predicted molar refractivity (Wildman–Crippen MR) is 82.2 cm³/mol. The summed E-state index contributed by atoms with van der Waals surface area (Å²) < 4.78 is 1.71. The van der Waals surface area contributed by atoms with Gasteiger partial charge in [0.25, 0.3) is 0 Å². The van der Waals surface area contributed by atoms with Gasteiger partial charge in [-0.05, 0) is 19.1 Å². The first-order valence-electron chi connectivity index (χ1n) is 6.83. The van der Waals surface area contributed by atoms with Gasteiger partial charge in [0.1, 0.15) is 5.69 Å². The van der Waals surface area contributed by atoms with Crippen LogP contribution in [-0.2, 0) is 4.79 Å². The molecule has 1 aliphatic rings. The zero-order valence-electron chi connectivity index (χ0n) is 11.7. The molecule has 7 heteroatoms. The van der Waals surface area contributed by atoms with E-state index in [1.165, 1.54) is 0 Å². The number of nitrogens with one attached hydrogen (secondary N) is 2. The molecule has 0 bridgehead atoms. The minimum Gasteiger partial charge on any atom is -0.346 e. The molecular formula is C14H17N5OS. The van der Waals surface area contributed by atoms with Crippen molar-refractivity contribution in [3.8, 4) is 5.69 Å². The van der Waals surface area contributed by atoms with Crippen LogP contribution in [-0.4, -0.2) is 38.6 Å². The maximum Gasteiger partial charge on any atom is 0.238 e. The van der Waals surface area contributed by atoms with Crippen LogP contribution in [0.4, 0.5) is 0 Å². The first kappa shape index (κ1) is 14.1. The molecule has 6 nitrogen and oxygen atoms in total. The molecule has 1 saturated heterocycles. The predicted octanol–water partition coefficient (Wildman–Crippen LogP) is 1.11. The molecule has 3 rings (SSSR count). The Morgan fingerprint density at radius 3 is 3.00 bits per heavy atom. The zero-order valence-corrected chi connectivity index (χ0v) is 12.5. The maximum absolute atomic E-state index is 12.1. The van der Waals surface area contributed by atoms with E-state index in [0.717, 1.165) is 23.0 Å². The van der Waals surface area contributed by atoms with Crippen LogP contribution in [0.3, 0.4) is 0 Å². The summed E-state index contributed by atoms with van der Waals surface area (Å²) in [6, 6.07) is 9.50. The third-order valence-electron chi connectivity index (χ3n) is 3.37. The Kier molecular flexibility index (Phi) is 4.21. The van der Waals surface area contributed by atoms with Crippen molar-refractivity contribution in [2.24, 2.45) is 0 Å².